The summed E-state index contributed by atoms with van der Waals surface area (Å²) in [5, 5.41) is 4.88. The minimum absolute atomic E-state index is 0.0323. The Morgan fingerprint density at radius 2 is 2.14 bits per heavy atom. The summed E-state index contributed by atoms with van der Waals surface area (Å²) in [5.74, 6) is -0.0221. The van der Waals surface area contributed by atoms with Crippen LogP contribution in [-0.2, 0) is 17.6 Å². The van der Waals surface area contributed by atoms with Gasteiger partial charge in [0.2, 0.25) is 5.91 Å². The van der Waals surface area contributed by atoms with Crippen LogP contribution in [-0.4, -0.2) is 17.7 Å². The van der Waals surface area contributed by atoms with Gasteiger partial charge in [-0.3, -0.25) is 9.59 Å². The van der Waals surface area contributed by atoms with E-state index < -0.39 is 0 Å². The molecule has 0 radical (unpaired) electrons. The van der Waals surface area contributed by atoms with Crippen molar-refractivity contribution in [3.8, 4) is 0 Å². The summed E-state index contributed by atoms with van der Waals surface area (Å²) < 4.78 is 0. The Hall–Kier alpha value is -1.98. The maximum absolute atomic E-state index is 12.2. The lowest BCUT2D eigenvalue weighted by atomic mass is 10.1. The Morgan fingerprint density at radius 1 is 1.36 bits per heavy atom. The van der Waals surface area contributed by atoms with Crippen molar-refractivity contribution < 1.29 is 9.59 Å². The number of nitrogens with two attached hydrogens (primary N) is 1. The van der Waals surface area contributed by atoms with Gasteiger partial charge in [-0.05, 0) is 41.5 Å². The first-order chi connectivity index (χ1) is 10.5. The van der Waals surface area contributed by atoms with E-state index in [1.54, 1.807) is 6.07 Å². The van der Waals surface area contributed by atoms with Gasteiger partial charge in [-0.25, -0.2) is 0 Å². The largest absolute Gasteiger partial charge is 0.351 e. The molecule has 1 aliphatic carbocycles. The van der Waals surface area contributed by atoms with E-state index in [1.165, 1.54) is 23.8 Å². The number of carbonyl (C=O) groups is 2. The highest BCUT2D eigenvalue weighted by Gasteiger charge is 2.30. The van der Waals surface area contributed by atoms with Gasteiger partial charge in [0, 0.05) is 0 Å². The van der Waals surface area contributed by atoms with Crippen LogP contribution in [0.25, 0.3) is 0 Å². The zero-order valence-corrected chi connectivity index (χ0v) is 13.2. The van der Waals surface area contributed by atoms with Gasteiger partial charge in [-0.15, -0.1) is 11.3 Å². The second-order valence-corrected chi connectivity index (χ2v) is 6.57. The Kier molecular flexibility index (Phi) is 4.09. The Labute approximate surface area is 133 Å². The molecular weight excluding hydrogens is 296 g/mol. The average Bonchev–Trinajstić information content (AvgIpc) is 3.06. The summed E-state index contributed by atoms with van der Waals surface area (Å²) in [4.78, 5) is 24.2. The lowest BCUT2D eigenvalue weighted by molar-refractivity contribution is -0.121. The molecule has 3 rings (SSSR count). The average molecular weight is 314 g/mol. The number of amides is 1. The van der Waals surface area contributed by atoms with Crippen molar-refractivity contribution in [1.82, 2.24) is 5.32 Å². The molecule has 5 heteroatoms. The molecule has 1 heterocycles. The van der Waals surface area contributed by atoms with Crippen LogP contribution in [0.1, 0.15) is 39.3 Å². The van der Waals surface area contributed by atoms with Gasteiger partial charge in [-0.2, -0.15) is 0 Å². The van der Waals surface area contributed by atoms with E-state index in [-0.39, 0.29) is 30.2 Å². The van der Waals surface area contributed by atoms with Crippen LogP contribution in [0.5, 0.6) is 0 Å². The predicted molar refractivity (Wildman–Crippen MR) is 87.0 cm³/mol. The van der Waals surface area contributed by atoms with Crippen LogP contribution in [0.15, 0.2) is 35.7 Å². The first-order valence-corrected chi connectivity index (χ1v) is 8.13. The number of ketones is 1. The second kappa shape index (κ2) is 6.02. The number of hydrogen-bond donors (Lipinski definition) is 2. The van der Waals surface area contributed by atoms with Gasteiger partial charge in [0.25, 0.3) is 0 Å². The van der Waals surface area contributed by atoms with Crippen LogP contribution in [0.4, 0.5) is 0 Å². The molecule has 1 aromatic carbocycles. The highest BCUT2D eigenvalue weighted by Crippen LogP contribution is 2.29. The van der Waals surface area contributed by atoms with Gasteiger partial charge >= 0.3 is 0 Å². The highest BCUT2D eigenvalue weighted by molar-refractivity contribution is 7.12. The molecule has 1 amide bonds. The van der Waals surface area contributed by atoms with Crippen LogP contribution in [0.3, 0.4) is 0 Å². The summed E-state index contributed by atoms with van der Waals surface area (Å²) in [7, 11) is 0. The standard InChI is InChI=1S/C17H18N2O2S/c1-10(20)15-6-11(9-22-15)7-16(21)19-14-8-12-4-2-3-5-13(12)17(14)18/h2-6,9,14,17H,7-8,18H2,1H3,(H,19,21)/t14-,17-/m0/s1. The zero-order chi connectivity index (χ0) is 15.7. The smallest absolute Gasteiger partial charge is 0.224 e. The van der Waals surface area contributed by atoms with E-state index in [4.69, 9.17) is 5.73 Å². The minimum atomic E-state index is -0.157. The molecule has 2 aromatic rings. The lowest BCUT2D eigenvalue weighted by Gasteiger charge is -2.17. The first kappa shape index (κ1) is 14.9. The van der Waals surface area contributed by atoms with Gasteiger partial charge in [0.15, 0.2) is 5.78 Å². The summed E-state index contributed by atoms with van der Waals surface area (Å²) in [6.45, 7) is 1.53. The molecule has 0 saturated carbocycles. The van der Waals surface area contributed by atoms with Gasteiger partial charge in [0.1, 0.15) is 0 Å². The van der Waals surface area contributed by atoms with E-state index in [1.807, 2.05) is 23.6 Å². The maximum Gasteiger partial charge on any atom is 0.224 e. The molecule has 0 spiro atoms. The quantitative estimate of drug-likeness (QED) is 0.850. The third-order valence-corrected chi connectivity index (χ3v) is 5.08. The zero-order valence-electron chi connectivity index (χ0n) is 12.3. The highest BCUT2D eigenvalue weighted by atomic mass is 32.1. The number of benzene rings is 1. The molecule has 1 aliphatic rings. The summed E-state index contributed by atoms with van der Waals surface area (Å²) >= 11 is 1.38. The van der Waals surface area contributed by atoms with E-state index >= 15 is 0 Å². The second-order valence-electron chi connectivity index (χ2n) is 5.65. The third kappa shape index (κ3) is 2.96. The van der Waals surface area contributed by atoms with Crippen molar-refractivity contribution in [2.45, 2.75) is 31.8 Å². The normalized spacial score (nSPS) is 19.7. The number of hydrogen-bond acceptors (Lipinski definition) is 4. The van der Waals surface area contributed by atoms with Crippen LogP contribution in [0.2, 0.25) is 0 Å². The molecule has 0 aliphatic heterocycles. The van der Waals surface area contributed by atoms with E-state index in [9.17, 15) is 9.59 Å². The maximum atomic E-state index is 12.2. The minimum Gasteiger partial charge on any atom is -0.351 e. The van der Waals surface area contributed by atoms with E-state index in [0.717, 1.165) is 17.5 Å². The topological polar surface area (TPSA) is 72.2 Å². The predicted octanol–water partition coefficient (Wildman–Crippen LogP) is 2.23. The van der Waals surface area contributed by atoms with Crippen molar-refractivity contribution in [3.63, 3.8) is 0 Å². The molecule has 0 bridgehead atoms. The number of nitrogens with one attached hydrogen (secondary N) is 1. The van der Waals surface area contributed by atoms with Crippen molar-refractivity contribution in [1.29, 1.82) is 0 Å². The van der Waals surface area contributed by atoms with Crippen molar-refractivity contribution in [2.75, 3.05) is 0 Å². The number of thiophene rings is 1. The van der Waals surface area contributed by atoms with Crippen LogP contribution < -0.4 is 11.1 Å². The van der Waals surface area contributed by atoms with E-state index in [0.29, 0.717) is 4.88 Å². The van der Waals surface area contributed by atoms with Crippen molar-refractivity contribution in [2.24, 2.45) is 5.73 Å². The number of carbonyl (C=O) groups excluding carboxylic acids is 2. The van der Waals surface area contributed by atoms with Gasteiger partial charge < -0.3 is 11.1 Å². The Balaban J connectivity index is 1.62. The summed E-state index contributed by atoms with van der Waals surface area (Å²) in [6.07, 6.45) is 1.05. The summed E-state index contributed by atoms with van der Waals surface area (Å²) in [6, 6.07) is 9.60. The molecular formula is C17H18N2O2S. The fraction of sp³-hybridized carbons (Fsp3) is 0.294. The molecule has 4 nitrogen and oxygen atoms in total. The molecule has 22 heavy (non-hydrogen) atoms. The van der Waals surface area contributed by atoms with Crippen molar-refractivity contribution >= 4 is 23.0 Å². The third-order valence-electron chi connectivity index (χ3n) is 4.00. The van der Waals surface area contributed by atoms with Gasteiger partial charge in [-0.1, -0.05) is 24.3 Å². The number of fused-ring (bicyclic) bond motifs is 1. The molecule has 114 valence electrons. The summed E-state index contributed by atoms with van der Waals surface area (Å²) in [5.41, 5.74) is 9.41. The molecule has 2 atom stereocenters. The molecule has 0 fully saturated rings. The SMILES string of the molecule is CC(=O)c1cc(CC(=O)N[C@H]2Cc3ccccc3[C@@H]2N)cs1. The monoisotopic (exact) mass is 314 g/mol. The number of rotatable bonds is 4. The number of Topliss-reactive ketones (excluding diaryl/α,β-unsaturated/α-hetero) is 1. The Morgan fingerprint density at radius 3 is 2.82 bits per heavy atom. The van der Waals surface area contributed by atoms with Gasteiger partial charge in [0.05, 0.1) is 23.4 Å². The molecule has 1 aromatic heterocycles. The fourth-order valence-electron chi connectivity index (χ4n) is 2.86. The molecule has 0 unspecified atom stereocenters. The van der Waals surface area contributed by atoms with Crippen LogP contribution >= 0.6 is 11.3 Å². The fourth-order valence-corrected chi connectivity index (χ4v) is 3.68. The molecule has 0 saturated heterocycles. The Bertz CT molecular complexity index is 723. The van der Waals surface area contributed by atoms with Crippen LogP contribution in [0, 0.1) is 0 Å². The van der Waals surface area contributed by atoms with E-state index in [2.05, 4.69) is 11.4 Å². The molecule has 3 N–H and O–H groups in total. The first-order valence-electron chi connectivity index (χ1n) is 7.25. The van der Waals surface area contributed by atoms with Crippen molar-refractivity contribution in [3.05, 3.63) is 57.3 Å². The lowest BCUT2D eigenvalue weighted by Crippen LogP contribution is -2.41.